The number of nitrogens with one attached hydrogen (secondary N) is 2. The van der Waals surface area contributed by atoms with E-state index in [2.05, 4.69) is 15.5 Å². The molecule has 0 unspecified atom stereocenters. The average Bonchev–Trinajstić information content (AvgIpc) is 2.57. The number of hydrogen-bond acceptors (Lipinski definition) is 3. The fourth-order valence-electron chi connectivity index (χ4n) is 4.42. The molecule has 21 heavy (non-hydrogen) atoms. The first-order valence-corrected chi connectivity index (χ1v) is 9.68. The summed E-state index contributed by atoms with van der Waals surface area (Å²) in [6, 6.07) is 1.50. The molecule has 3 aliphatic rings. The standard InChI is InChI=1S/C18H35N3/c1-4-10-16(11-5-1)19-18(21-14-8-3-9-15-21)20-17-12-6-2-7-13-17/h16-20H,1-15H2. The first-order valence-electron chi connectivity index (χ1n) is 9.68. The molecule has 1 heterocycles. The van der Waals surface area contributed by atoms with Gasteiger partial charge in [-0.2, -0.15) is 0 Å². The number of nitrogens with zero attached hydrogens (tertiary/aromatic N) is 1. The Morgan fingerprint density at radius 1 is 0.571 bits per heavy atom. The van der Waals surface area contributed by atoms with Crippen molar-refractivity contribution in [1.82, 2.24) is 15.5 Å². The van der Waals surface area contributed by atoms with Gasteiger partial charge in [-0.05, 0) is 38.5 Å². The van der Waals surface area contributed by atoms with Gasteiger partial charge in [0, 0.05) is 25.2 Å². The molecule has 0 spiro atoms. The summed E-state index contributed by atoms with van der Waals surface area (Å²) < 4.78 is 0. The quantitative estimate of drug-likeness (QED) is 0.758. The van der Waals surface area contributed by atoms with Crippen molar-refractivity contribution in [3.8, 4) is 0 Å². The van der Waals surface area contributed by atoms with Gasteiger partial charge < -0.3 is 0 Å². The van der Waals surface area contributed by atoms with Crippen molar-refractivity contribution in [2.75, 3.05) is 13.1 Å². The van der Waals surface area contributed by atoms with Crippen LogP contribution >= 0.6 is 0 Å². The smallest absolute Gasteiger partial charge is 0.114 e. The highest BCUT2D eigenvalue weighted by molar-refractivity contribution is 4.82. The summed E-state index contributed by atoms with van der Waals surface area (Å²) in [7, 11) is 0. The molecular weight excluding hydrogens is 258 g/mol. The molecule has 2 saturated carbocycles. The van der Waals surface area contributed by atoms with E-state index in [1.165, 1.54) is 96.6 Å². The lowest BCUT2D eigenvalue weighted by Gasteiger charge is -2.41. The number of piperidine rings is 1. The van der Waals surface area contributed by atoms with Gasteiger partial charge in [-0.1, -0.05) is 44.9 Å². The fraction of sp³-hybridized carbons (Fsp3) is 1.00. The fourth-order valence-corrected chi connectivity index (χ4v) is 4.42. The predicted octanol–water partition coefficient (Wildman–Crippen LogP) is 3.60. The molecule has 122 valence electrons. The number of hydrogen-bond donors (Lipinski definition) is 2. The summed E-state index contributed by atoms with van der Waals surface area (Å²) in [4.78, 5) is 2.69. The van der Waals surface area contributed by atoms with E-state index in [1.807, 2.05) is 0 Å². The molecule has 0 radical (unpaired) electrons. The van der Waals surface area contributed by atoms with Crippen LogP contribution < -0.4 is 10.6 Å². The molecule has 1 saturated heterocycles. The predicted molar refractivity (Wildman–Crippen MR) is 89.2 cm³/mol. The average molecular weight is 293 g/mol. The molecule has 0 bridgehead atoms. The van der Waals surface area contributed by atoms with Crippen molar-refractivity contribution in [3.05, 3.63) is 0 Å². The molecule has 2 aliphatic carbocycles. The van der Waals surface area contributed by atoms with Gasteiger partial charge in [-0.15, -0.1) is 0 Å². The SMILES string of the molecule is C1CCC(NC(NC2CCCCC2)N2CCCCC2)CC1. The minimum atomic E-state index is 0.441. The van der Waals surface area contributed by atoms with E-state index < -0.39 is 0 Å². The van der Waals surface area contributed by atoms with Gasteiger partial charge in [0.1, 0.15) is 6.29 Å². The van der Waals surface area contributed by atoms with Crippen molar-refractivity contribution < 1.29 is 0 Å². The third-order valence-electron chi connectivity index (χ3n) is 5.75. The maximum absolute atomic E-state index is 3.99. The van der Waals surface area contributed by atoms with E-state index in [0.717, 1.165) is 12.1 Å². The summed E-state index contributed by atoms with van der Waals surface area (Å²) in [5, 5.41) is 7.98. The van der Waals surface area contributed by atoms with E-state index >= 15 is 0 Å². The van der Waals surface area contributed by atoms with Crippen molar-refractivity contribution in [3.63, 3.8) is 0 Å². The van der Waals surface area contributed by atoms with E-state index in [-0.39, 0.29) is 0 Å². The molecule has 3 nitrogen and oxygen atoms in total. The van der Waals surface area contributed by atoms with Gasteiger partial charge in [-0.25, -0.2) is 0 Å². The lowest BCUT2D eigenvalue weighted by molar-refractivity contribution is 0.0788. The molecule has 0 atom stereocenters. The molecule has 0 aromatic heterocycles. The van der Waals surface area contributed by atoms with Gasteiger partial charge >= 0.3 is 0 Å². The maximum atomic E-state index is 3.99. The molecule has 0 amide bonds. The van der Waals surface area contributed by atoms with Gasteiger partial charge in [0.25, 0.3) is 0 Å². The monoisotopic (exact) mass is 293 g/mol. The van der Waals surface area contributed by atoms with Crippen LogP contribution in [0, 0.1) is 0 Å². The van der Waals surface area contributed by atoms with Crippen LogP contribution in [0.4, 0.5) is 0 Å². The highest BCUT2D eigenvalue weighted by atomic mass is 15.4. The second kappa shape index (κ2) is 8.50. The second-order valence-electron chi connectivity index (χ2n) is 7.50. The molecule has 3 rings (SSSR count). The lowest BCUT2D eigenvalue weighted by atomic mass is 9.94. The van der Waals surface area contributed by atoms with Gasteiger partial charge in [0.15, 0.2) is 0 Å². The third kappa shape index (κ3) is 4.94. The van der Waals surface area contributed by atoms with Crippen LogP contribution in [0.1, 0.15) is 83.5 Å². The molecular formula is C18H35N3. The van der Waals surface area contributed by atoms with Crippen molar-refractivity contribution in [2.45, 2.75) is 102 Å². The van der Waals surface area contributed by atoms with Crippen LogP contribution in [0.2, 0.25) is 0 Å². The highest BCUT2D eigenvalue weighted by Crippen LogP contribution is 2.21. The third-order valence-corrected chi connectivity index (χ3v) is 5.75. The summed E-state index contributed by atoms with van der Waals surface area (Å²) in [6.45, 7) is 2.56. The molecule has 1 aliphatic heterocycles. The van der Waals surface area contributed by atoms with Crippen LogP contribution in [0.5, 0.6) is 0 Å². The molecule has 2 N–H and O–H groups in total. The zero-order chi connectivity index (χ0) is 14.3. The Morgan fingerprint density at radius 2 is 1.00 bits per heavy atom. The molecule has 3 fully saturated rings. The lowest BCUT2D eigenvalue weighted by Crippen LogP contribution is -2.61. The number of likely N-dealkylation sites (tertiary alicyclic amines) is 1. The Kier molecular flexibility index (Phi) is 6.38. The summed E-state index contributed by atoms with van der Waals surface area (Å²) in [5.41, 5.74) is 0. The van der Waals surface area contributed by atoms with Gasteiger partial charge in [-0.3, -0.25) is 15.5 Å². The van der Waals surface area contributed by atoms with Gasteiger partial charge in [0.2, 0.25) is 0 Å². The largest absolute Gasteiger partial charge is 0.287 e. The van der Waals surface area contributed by atoms with Crippen LogP contribution in [-0.4, -0.2) is 36.4 Å². The Labute approximate surface area is 131 Å². The molecule has 3 heteroatoms. The Balaban J connectivity index is 1.55. The number of rotatable bonds is 5. The van der Waals surface area contributed by atoms with Crippen molar-refractivity contribution >= 4 is 0 Å². The van der Waals surface area contributed by atoms with Crippen LogP contribution in [-0.2, 0) is 0 Å². The molecule has 0 aromatic rings. The summed E-state index contributed by atoms with van der Waals surface area (Å²) in [6.07, 6.45) is 18.8. The van der Waals surface area contributed by atoms with E-state index in [1.54, 1.807) is 0 Å². The Morgan fingerprint density at radius 3 is 1.48 bits per heavy atom. The van der Waals surface area contributed by atoms with E-state index in [4.69, 9.17) is 0 Å². The highest BCUT2D eigenvalue weighted by Gasteiger charge is 2.26. The Bertz CT molecular complexity index is 256. The maximum Gasteiger partial charge on any atom is 0.114 e. The topological polar surface area (TPSA) is 27.3 Å². The van der Waals surface area contributed by atoms with Crippen LogP contribution in [0.25, 0.3) is 0 Å². The minimum absolute atomic E-state index is 0.441. The normalized spacial score (nSPS) is 27.3. The zero-order valence-corrected chi connectivity index (χ0v) is 13.8. The molecule has 0 aromatic carbocycles. The first kappa shape index (κ1) is 15.8. The zero-order valence-electron chi connectivity index (χ0n) is 13.8. The van der Waals surface area contributed by atoms with Crippen molar-refractivity contribution in [1.29, 1.82) is 0 Å². The van der Waals surface area contributed by atoms with E-state index in [9.17, 15) is 0 Å². The van der Waals surface area contributed by atoms with Gasteiger partial charge in [0.05, 0.1) is 0 Å². The first-order chi connectivity index (χ1) is 10.4. The van der Waals surface area contributed by atoms with E-state index in [0.29, 0.717) is 6.29 Å². The summed E-state index contributed by atoms with van der Waals surface area (Å²) >= 11 is 0. The van der Waals surface area contributed by atoms with Crippen LogP contribution in [0.15, 0.2) is 0 Å². The van der Waals surface area contributed by atoms with Crippen molar-refractivity contribution in [2.24, 2.45) is 0 Å². The second-order valence-corrected chi connectivity index (χ2v) is 7.50. The summed E-state index contributed by atoms with van der Waals surface area (Å²) in [5.74, 6) is 0. The van der Waals surface area contributed by atoms with Crippen LogP contribution in [0.3, 0.4) is 0 Å². The Hall–Kier alpha value is -0.120. The minimum Gasteiger partial charge on any atom is -0.287 e.